The summed E-state index contributed by atoms with van der Waals surface area (Å²) in [6.07, 6.45) is -0.602. The zero-order valence-corrected chi connectivity index (χ0v) is 11.3. The van der Waals surface area contributed by atoms with Crippen LogP contribution in [0.2, 0.25) is 0 Å². The summed E-state index contributed by atoms with van der Waals surface area (Å²) in [5.74, 6) is 0.0896. The number of carbonyl (C=O) groups excluding carboxylic acids is 1. The zero-order chi connectivity index (χ0) is 13.9. The Morgan fingerprint density at radius 3 is 2.05 bits per heavy atom. The lowest BCUT2D eigenvalue weighted by Crippen LogP contribution is -2.13. The first kappa shape index (κ1) is 12.7. The lowest BCUT2D eigenvalue weighted by molar-refractivity contribution is 0.0571. The second kappa shape index (κ2) is 5.37. The largest absolute Gasteiger partial charge is 0.508 e. The molecule has 0 unspecified atom stereocenters. The third kappa shape index (κ3) is 2.16. The minimum absolute atomic E-state index is 0.0896. The molecule has 0 radical (unpaired) electrons. The molecule has 1 aliphatic rings. The molecule has 0 atom stereocenters. The maximum atomic E-state index is 11.4. The van der Waals surface area contributed by atoms with E-state index in [1.807, 2.05) is 24.3 Å². The van der Waals surface area contributed by atoms with E-state index in [0.717, 1.165) is 0 Å². The SMILES string of the molecule is CCOC(=O)OCC1c2ccccc2-c2ccccc21. The van der Waals surface area contributed by atoms with Crippen molar-refractivity contribution in [2.24, 2.45) is 0 Å². The van der Waals surface area contributed by atoms with Gasteiger partial charge in [-0.05, 0) is 29.2 Å². The van der Waals surface area contributed by atoms with Crippen molar-refractivity contribution in [1.82, 2.24) is 0 Å². The van der Waals surface area contributed by atoms with Crippen molar-refractivity contribution < 1.29 is 14.3 Å². The average Bonchev–Trinajstić information content (AvgIpc) is 2.80. The second-order valence-electron chi connectivity index (χ2n) is 4.72. The molecule has 0 bridgehead atoms. The first-order chi connectivity index (χ1) is 9.81. The smallest absolute Gasteiger partial charge is 0.435 e. The van der Waals surface area contributed by atoms with Crippen LogP contribution < -0.4 is 0 Å². The van der Waals surface area contributed by atoms with Gasteiger partial charge in [-0.1, -0.05) is 48.5 Å². The zero-order valence-electron chi connectivity index (χ0n) is 11.3. The summed E-state index contributed by atoms with van der Waals surface area (Å²) >= 11 is 0. The standard InChI is InChI=1S/C17H16O3/c1-2-19-17(18)20-11-16-14-9-5-3-7-12(14)13-8-4-6-10-15(13)16/h3-10,16H,2,11H2,1H3. The molecule has 0 aliphatic heterocycles. The third-order valence-corrected chi connectivity index (χ3v) is 3.59. The first-order valence-electron chi connectivity index (χ1n) is 6.79. The van der Waals surface area contributed by atoms with E-state index in [1.54, 1.807) is 6.92 Å². The molecule has 0 N–H and O–H groups in total. The Hall–Kier alpha value is -2.29. The van der Waals surface area contributed by atoms with Crippen molar-refractivity contribution >= 4 is 6.16 Å². The summed E-state index contributed by atoms with van der Waals surface area (Å²) in [4.78, 5) is 11.4. The molecule has 3 rings (SSSR count). The molecule has 0 fully saturated rings. The van der Waals surface area contributed by atoms with E-state index in [4.69, 9.17) is 9.47 Å². The minimum Gasteiger partial charge on any atom is -0.435 e. The first-order valence-corrected chi connectivity index (χ1v) is 6.79. The fraction of sp³-hybridized carbons (Fsp3) is 0.235. The van der Waals surface area contributed by atoms with Crippen LogP contribution in [0.3, 0.4) is 0 Å². The Labute approximate surface area is 118 Å². The summed E-state index contributed by atoms with van der Waals surface area (Å²) in [7, 11) is 0. The highest BCUT2D eigenvalue weighted by Crippen LogP contribution is 2.44. The van der Waals surface area contributed by atoms with Crippen LogP contribution >= 0.6 is 0 Å². The number of rotatable bonds is 3. The molecule has 102 valence electrons. The number of benzene rings is 2. The van der Waals surface area contributed by atoms with Gasteiger partial charge in [0.05, 0.1) is 6.61 Å². The van der Waals surface area contributed by atoms with Crippen LogP contribution in [0, 0.1) is 0 Å². The fourth-order valence-electron chi connectivity index (χ4n) is 2.75. The van der Waals surface area contributed by atoms with E-state index in [9.17, 15) is 4.79 Å². The van der Waals surface area contributed by atoms with Gasteiger partial charge in [0.15, 0.2) is 0 Å². The molecule has 0 heterocycles. The number of carbonyl (C=O) groups is 1. The second-order valence-corrected chi connectivity index (χ2v) is 4.72. The topological polar surface area (TPSA) is 35.5 Å². The van der Waals surface area contributed by atoms with Gasteiger partial charge in [-0.15, -0.1) is 0 Å². The van der Waals surface area contributed by atoms with Crippen molar-refractivity contribution in [1.29, 1.82) is 0 Å². The van der Waals surface area contributed by atoms with Crippen molar-refractivity contribution in [3.05, 3.63) is 59.7 Å². The molecule has 2 aromatic carbocycles. The van der Waals surface area contributed by atoms with E-state index in [1.165, 1.54) is 22.3 Å². The Morgan fingerprint density at radius 2 is 1.50 bits per heavy atom. The highest BCUT2D eigenvalue weighted by atomic mass is 16.7. The van der Waals surface area contributed by atoms with Crippen LogP contribution in [-0.2, 0) is 9.47 Å². The predicted molar refractivity (Wildman–Crippen MR) is 76.7 cm³/mol. The molecular weight excluding hydrogens is 252 g/mol. The van der Waals surface area contributed by atoms with Gasteiger partial charge in [0, 0.05) is 5.92 Å². The summed E-state index contributed by atoms with van der Waals surface area (Å²) < 4.78 is 10.0. The number of hydrogen-bond acceptors (Lipinski definition) is 3. The van der Waals surface area contributed by atoms with Gasteiger partial charge in [-0.3, -0.25) is 0 Å². The van der Waals surface area contributed by atoms with Crippen LogP contribution in [0.1, 0.15) is 24.0 Å². The van der Waals surface area contributed by atoms with Crippen molar-refractivity contribution in [3.63, 3.8) is 0 Å². The lowest BCUT2D eigenvalue weighted by atomic mass is 9.98. The monoisotopic (exact) mass is 268 g/mol. The Bertz CT molecular complexity index is 588. The van der Waals surface area contributed by atoms with E-state index in [2.05, 4.69) is 24.3 Å². The maximum absolute atomic E-state index is 11.4. The van der Waals surface area contributed by atoms with Gasteiger partial charge < -0.3 is 9.47 Å². The van der Waals surface area contributed by atoms with Crippen LogP contribution in [0.5, 0.6) is 0 Å². The van der Waals surface area contributed by atoms with Gasteiger partial charge in [-0.2, -0.15) is 0 Å². The molecule has 0 amide bonds. The number of hydrogen-bond donors (Lipinski definition) is 0. The summed E-state index contributed by atoms with van der Waals surface area (Å²) in [6.45, 7) is 2.41. The molecule has 3 heteroatoms. The molecule has 3 nitrogen and oxygen atoms in total. The van der Waals surface area contributed by atoms with Crippen molar-refractivity contribution in [2.45, 2.75) is 12.8 Å². The molecule has 1 aliphatic carbocycles. The van der Waals surface area contributed by atoms with Crippen LogP contribution in [0.15, 0.2) is 48.5 Å². The summed E-state index contributed by atoms with van der Waals surface area (Å²) in [6, 6.07) is 16.5. The van der Waals surface area contributed by atoms with Gasteiger partial charge >= 0.3 is 6.16 Å². The third-order valence-electron chi connectivity index (χ3n) is 3.59. The average molecular weight is 268 g/mol. The summed E-state index contributed by atoms with van der Waals surface area (Å²) in [5.41, 5.74) is 4.86. The molecule has 0 saturated carbocycles. The lowest BCUT2D eigenvalue weighted by Gasteiger charge is -2.13. The molecule has 0 spiro atoms. The Morgan fingerprint density at radius 1 is 0.950 bits per heavy atom. The minimum atomic E-state index is -0.602. The van der Waals surface area contributed by atoms with Gasteiger partial charge in [0.2, 0.25) is 0 Å². The number of fused-ring (bicyclic) bond motifs is 3. The van der Waals surface area contributed by atoms with E-state index in [0.29, 0.717) is 13.2 Å². The van der Waals surface area contributed by atoms with Crippen LogP contribution in [-0.4, -0.2) is 19.4 Å². The van der Waals surface area contributed by atoms with Gasteiger partial charge in [-0.25, -0.2) is 4.79 Å². The normalized spacial score (nSPS) is 12.7. The molecular formula is C17H16O3. The Balaban J connectivity index is 1.89. The maximum Gasteiger partial charge on any atom is 0.508 e. The fourth-order valence-corrected chi connectivity index (χ4v) is 2.75. The molecule has 2 aromatic rings. The highest BCUT2D eigenvalue weighted by Gasteiger charge is 2.29. The van der Waals surface area contributed by atoms with E-state index < -0.39 is 6.16 Å². The van der Waals surface area contributed by atoms with Crippen molar-refractivity contribution in [3.8, 4) is 11.1 Å². The quantitative estimate of drug-likeness (QED) is 0.790. The van der Waals surface area contributed by atoms with Gasteiger partial charge in [0.25, 0.3) is 0 Å². The highest BCUT2D eigenvalue weighted by molar-refractivity contribution is 5.78. The van der Waals surface area contributed by atoms with E-state index in [-0.39, 0.29) is 5.92 Å². The Kier molecular flexibility index (Phi) is 3.42. The van der Waals surface area contributed by atoms with E-state index >= 15 is 0 Å². The van der Waals surface area contributed by atoms with Crippen LogP contribution in [0.25, 0.3) is 11.1 Å². The molecule has 0 saturated heterocycles. The number of ether oxygens (including phenoxy) is 2. The van der Waals surface area contributed by atoms with Crippen LogP contribution in [0.4, 0.5) is 4.79 Å². The molecule has 20 heavy (non-hydrogen) atoms. The molecule has 0 aromatic heterocycles. The predicted octanol–water partition coefficient (Wildman–Crippen LogP) is 3.97. The van der Waals surface area contributed by atoms with Crippen molar-refractivity contribution in [2.75, 3.05) is 13.2 Å². The summed E-state index contributed by atoms with van der Waals surface area (Å²) in [5, 5.41) is 0. The van der Waals surface area contributed by atoms with Gasteiger partial charge in [0.1, 0.15) is 6.61 Å².